The van der Waals surface area contributed by atoms with E-state index in [1.807, 2.05) is 36.4 Å². The molecule has 0 aliphatic rings. The molecular weight excluding hydrogens is 532 g/mol. The summed E-state index contributed by atoms with van der Waals surface area (Å²) in [6.45, 7) is 21.2. The first-order valence-electron chi connectivity index (χ1n) is 14.8. The summed E-state index contributed by atoms with van der Waals surface area (Å²) in [6, 6.07) is 31.0. The summed E-state index contributed by atoms with van der Waals surface area (Å²) in [4.78, 5) is 3.89. The van der Waals surface area contributed by atoms with Gasteiger partial charge in [0, 0.05) is 27.6 Å². The highest BCUT2D eigenvalue weighted by Crippen LogP contribution is 2.42. The van der Waals surface area contributed by atoms with Crippen molar-refractivity contribution < 1.29 is 0 Å². The SMILES string of the molecule is [C-]#[N+]c1cc(C#Cc2ccc(C(C)(C)C)cc2)c2ccc3c(C#N)cc(C#Cc4ccc(C(C)(C)C)cc4)c4ccc1c2c34. The number of benzene rings is 6. The minimum atomic E-state index is 0.0734. The van der Waals surface area contributed by atoms with Gasteiger partial charge in [0.25, 0.3) is 0 Å². The van der Waals surface area contributed by atoms with Crippen molar-refractivity contribution in [3.05, 3.63) is 135 Å². The number of hydrogen-bond acceptors (Lipinski definition) is 1. The van der Waals surface area contributed by atoms with E-state index < -0.39 is 0 Å². The van der Waals surface area contributed by atoms with Crippen molar-refractivity contribution in [2.75, 3.05) is 0 Å². The Balaban J connectivity index is 1.54. The van der Waals surface area contributed by atoms with Crippen LogP contribution in [0, 0.1) is 41.6 Å². The van der Waals surface area contributed by atoms with Crippen LogP contribution in [0.15, 0.2) is 84.9 Å². The van der Waals surface area contributed by atoms with Gasteiger partial charge in [-0.1, -0.05) is 114 Å². The van der Waals surface area contributed by atoms with Crippen LogP contribution in [0.25, 0.3) is 37.2 Å². The van der Waals surface area contributed by atoms with Gasteiger partial charge in [-0.3, -0.25) is 0 Å². The lowest BCUT2D eigenvalue weighted by Crippen LogP contribution is -2.10. The summed E-state index contributed by atoms with van der Waals surface area (Å²) in [5.41, 5.74) is 7.22. The molecule has 6 aromatic carbocycles. The summed E-state index contributed by atoms with van der Waals surface area (Å²) in [7, 11) is 0. The summed E-state index contributed by atoms with van der Waals surface area (Å²) in [6.07, 6.45) is 0. The van der Waals surface area contributed by atoms with Crippen LogP contribution in [0.1, 0.15) is 80.5 Å². The highest BCUT2D eigenvalue weighted by Gasteiger charge is 2.18. The van der Waals surface area contributed by atoms with Gasteiger partial charge in [0.2, 0.25) is 0 Å². The molecule has 6 rings (SSSR count). The molecule has 44 heavy (non-hydrogen) atoms. The van der Waals surface area contributed by atoms with Crippen LogP contribution in [-0.4, -0.2) is 0 Å². The quantitative estimate of drug-likeness (QED) is 0.102. The molecule has 0 bridgehead atoms. The van der Waals surface area contributed by atoms with Crippen molar-refractivity contribution in [1.82, 2.24) is 0 Å². The van der Waals surface area contributed by atoms with Gasteiger partial charge in [0.15, 0.2) is 5.69 Å². The van der Waals surface area contributed by atoms with E-state index in [9.17, 15) is 5.26 Å². The Bertz CT molecular complexity index is 2120. The van der Waals surface area contributed by atoms with Gasteiger partial charge in [-0.15, -0.1) is 0 Å². The lowest BCUT2D eigenvalue weighted by molar-refractivity contribution is 0.590. The second-order valence-electron chi connectivity index (χ2n) is 13.4. The number of nitriles is 1. The molecule has 6 aromatic rings. The molecule has 0 heterocycles. The van der Waals surface area contributed by atoms with Crippen LogP contribution in [0.4, 0.5) is 5.69 Å². The summed E-state index contributed by atoms with van der Waals surface area (Å²) >= 11 is 0. The van der Waals surface area contributed by atoms with Crippen molar-refractivity contribution in [1.29, 1.82) is 5.26 Å². The van der Waals surface area contributed by atoms with Crippen LogP contribution in [-0.2, 0) is 10.8 Å². The second kappa shape index (κ2) is 10.6. The maximum absolute atomic E-state index is 10.2. The van der Waals surface area contributed by atoms with Gasteiger partial charge in [-0.05, 0) is 85.3 Å². The molecule has 0 aliphatic heterocycles. The van der Waals surface area contributed by atoms with Crippen LogP contribution in [0.2, 0.25) is 0 Å². The van der Waals surface area contributed by atoms with E-state index >= 15 is 0 Å². The zero-order chi connectivity index (χ0) is 31.2. The van der Waals surface area contributed by atoms with Crippen LogP contribution >= 0.6 is 0 Å². The monoisotopic (exact) mass is 564 g/mol. The summed E-state index contributed by atoms with van der Waals surface area (Å²) in [5, 5.41) is 15.7. The van der Waals surface area contributed by atoms with E-state index in [1.54, 1.807) is 0 Å². The highest BCUT2D eigenvalue weighted by molar-refractivity contribution is 6.28. The topological polar surface area (TPSA) is 28.1 Å². The standard InChI is InChI=1S/C42H32N2/c1-41(2,3)32-16-10-27(11-17-32)8-14-29-24-31(26-43)36-21-20-35-30(15-9-28-12-18-33(19-13-28)42(4,5)6)25-38(44-7)37-23-22-34(29)39(36)40(35)37/h10-13,16-25H,1-6H3. The molecular formula is C42H32N2. The molecule has 0 spiro atoms. The number of rotatable bonds is 0. The van der Waals surface area contributed by atoms with Gasteiger partial charge in [-0.2, -0.15) is 5.26 Å². The van der Waals surface area contributed by atoms with Gasteiger partial charge >= 0.3 is 0 Å². The minimum absolute atomic E-state index is 0.0734. The van der Waals surface area contributed by atoms with E-state index in [0.717, 1.165) is 54.6 Å². The fourth-order valence-electron chi connectivity index (χ4n) is 5.75. The van der Waals surface area contributed by atoms with Crippen molar-refractivity contribution in [2.24, 2.45) is 0 Å². The molecule has 210 valence electrons. The number of hydrogen-bond donors (Lipinski definition) is 0. The largest absolute Gasteiger partial charge is 0.237 e. The molecule has 2 heteroatoms. The first-order valence-corrected chi connectivity index (χ1v) is 14.8. The Morgan fingerprint density at radius 3 is 1.36 bits per heavy atom. The maximum atomic E-state index is 10.2. The van der Waals surface area contributed by atoms with E-state index in [4.69, 9.17) is 6.57 Å². The lowest BCUT2D eigenvalue weighted by Gasteiger charge is -2.18. The zero-order valence-electron chi connectivity index (χ0n) is 26.0. The normalized spacial score (nSPS) is 11.5. The van der Waals surface area contributed by atoms with E-state index in [0.29, 0.717) is 11.3 Å². The third-order valence-corrected chi connectivity index (χ3v) is 8.30. The molecule has 0 fully saturated rings. The second-order valence-corrected chi connectivity index (χ2v) is 13.4. The zero-order valence-corrected chi connectivity index (χ0v) is 26.0. The summed E-state index contributed by atoms with van der Waals surface area (Å²) < 4.78 is 0. The molecule has 0 aliphatic carbocycles. The maximum Gasteiger partial charge on any atom is 0.196 e. The van der Waals surface area contributed by atoms with Gasteiger partial charge in [0.1, 0.15) is 0 Å². The van der Waals surface area contributed by atoms with Crippen molar-refractivity contribution in [2.45, 2.75) is 52.4 Å². The summed E-state index contributed by atoms with van der Waals surface area (Å²) in [5.74, 6) is 13.4. The molecule has 0 atom stereocenters. The third-order valence-electron chi connectivity index (χ3n) is 8.30. The lowest BCUT2D eigenvalue weighted by atomic mass is 9.86. The fourth-order valence-corrected chi connectivity index (χ4v) is 5.75. The smallest absolute Gasteiger partial charge is 0.196 e. The molecule has 0 aromatic heterocycles. The Morgan fingerprint density at radius 1 is 0.523 bits per heavy atom. The Morgan fingerprint density at radius 2 is 0.932 bits per heavy atom. The third kappa shape index (κ3) is 5.14. The molecule has 0 saturated carbocycles. The first kappa shape index (κ1) is 28.6. The first-order chi connectivity index (χ1) is 21.0. The predicted octanol–water partition coefficient (Wildman–Crippen LogP) is 10.4. The highest BCUT2D eigenvalue weighted by atomic mass is 14.6. The minimum Gasteiger partial charge on any atom is -0.237 e. The molecule has 0 saturated heterocycles. The molecule has 0 radical (unpaired) electrons. The Hall–Kier alpha value is -5.54. The fraction of sp³-hybridized carbons (Fsp3) is 0.190. The van der Waals surface area contributed by atoms with Crippen molar-refractivity contribution >= 4 is 38.0 Å². The van der Waals surface area contributed by atoms with Gasteiger partial charge in [-0.25, -0.2) is 4.85 Å². The Labute approximate surface area is 260 Å². The Kier molecular flexibility index (Phi) is 6.90. The molecule has 0 unspecified atom stereocenters. The molecule has 0 N–H and O–H groups in total. The van der Waals surface area contributed by atoms with Crippen LogP contribution in [0.3, 0.4) is 0 Å². The average molecular weight is 565 g/mol. The van der Waals surface area contributed by atoms with Crippen LogP contribution in [0.5, 0.6) is 0 Å². The number of nitrogens with zero attached hydrogens (tertiary/aromatic N) is 2. The predicted molar refractivity (Wildman–Crippen MR) is 183 cm³/mol. The molecule has 0 amide bonds. The van der Waals surface area contributed by atoms with Gasteiger partial charge < -0.3 is 0 Å². The average Bonchev–Trinajstić information content (AvgIpc) is 3.01. The van der Waals surface area contributed by atoms with E-state index in [-0.39, 0.29) is 10.8 Å². The van der Waals surface area contributed by atoms with Gasteiger partial charge in [0.05, 0.1) is 18.2 Å². The van der Waals surface area contributed by atoms with Crippen LogP contribution < -0.4 is 0 Å². The van der Waals surface area contributed by atoms with E-state index in [2.05, 4.69) is 125 Å². The molecule has 2 nitrogen and oxygen atoms in total. The van der Waals surface area contributed by atoms with Crippen molar-refractivity contribution in [3.8, 4) is 29.8 Å². The van der Waals surface area contributed by atoms with E-state index in [1.165, 1.54) is 11.1 Å². The van der Waals surface area contributed by atoms with Crippen molar-refractivity contribution in [3.63, 3.8) is 0 Å².